The van der Waals surface area contributed by atoms with E-state index in [0.29, 0.717) is 35.9 Å². The van der Waals surface area contributed by atoms with Crippen LogP contribution in [0.3, 0.4) is 0 Å². The highest BCUT2D eigenvalue weighted by Gasteiger charge is 2.35. The van der Waals surface area contributed by atoms with Crippen molar-refractivity contribution in [3.8, 4) is 0 Å². The van der Waals surface area contributed by atoms with Crippen molar-refractivity contribution < 1.29 is 9.59 Å². The van der Waals surface area contributed by atoms with Gasteiger partial charge in [-0.25, -0.2) is 9.97 Å². The van der Waals surface area contributed by atoms with Crippen molar-refractivity contribution in [3.63, 3.8) is 0 Å². The van der Waals surface area contributed by atoms with Gasteiger partial charge in [0.1, 0.15) is 11.5 Å². The van der Waals surface area contributed by atoms with Crippen LogP contribution in [0.4, 0.5) is 0 Å². The molecule has 3 heterocycles. The molecular formula is C24H28N6O2. The predicted molar refractivity (Wildman–Crippen MR) is 120 cm³/mol. The molecule has 2 amide bonds. The molecule has 1 saturated heterocycles. The van der Waals surface area contributed by atoms with Gasteiger partial charge in [-0.3, -0.25) is 14.7 Å². The Morgan fingerprint density at radius 1 is 1.25 bits per heavy atom. The number of aromatic nitrogens is 4. The average Bonchev–Trinajstić information content (AvgIpc) is 3.48. The average molecular weight is 433 g/mol. The van der Waals surface area contributed by atoms with Crippen LogP contribution in [0.25, 0.3) is 0 Å². The Morgan fingerprint density at radius 3 is 2.75 bits per heavy atom. The molecular weight excluding hydrogens is 404 g/mol. The van der Waals surface area contributed by atoms with Crippen LogP contribution in [0.5, 0.6) is 0 Å². The van der Waals surface area contributed by atoms with Crippen molar-refractivity contribution >= 4 is 11.8 Å². The van der Waals surface area contributed by atoms with E-state index in [4.69, 9.17) is 0 Å². The van der Waals surface area contributed by atoms with Crippen molar-refractivity contribution in [1.29, 1.82) is 0 Å². The van der Waals surface area contributed by atoms with Crippen molar-refractivity contribution in [2.45, 2.75) is 52.1 Å². The third-order valence-electron chi connectivity index (χ3n) is 5.75. The molecule has 0 aliphatic carbocycles. The molecule has 0 radical (unpaired) electrons. The van der Waals surface area contributed by atoms with E-state index in [1.54, 1.807) is 24.1 Å². The Balaban J connectivity index is 1.58. The maximum Gasteiger partial charge on any atom is 0.274 e. The van der Waals surface area contributed by atoms with E-state index >= 15 is 0 Å². The summed E-state index contributed by atoms with van der Waals surface area (Å²) in [5.74, 6) is 0.427. The summed E-state index contributed by atoms with van der Waals surface area (Å²) in [7, 11) is 0. The van der Waals surface area contributed by atoms with Gasteiger partial charge >= 0.3 is 0 Å². The maximum atomic E-state index is 13.2. The minimum Gasteiger partial charge on any atom is -0.348 e. The Kier molecular flexibility index (Phi) is 6.30. The smallest absolute Gasteiger partial charge is 0.274 e. The second-order valence-corrected chi connectivity index (χ2v) is 8.40. The monoisotopic (exact) mass is 432 g/mol. The number of nitrogens with one attached hydrogen (secondary N) is 2. The van der Waals surface area contributed by atoms with Crippen LogP contribution in [0.15, 0.2) is 42.6 Å². The molecule has 0 bridgehead atoms. The lowest BCUT2D eigenvalue weighted by Gasteiger charge is -2.25. The van der Waals surface area contributed by atoms with Gasteiger partial charge in [-0.15, -0.1) is 0 Å². The highest BCUT2D eigenvalue weighted by Crippen LogP contribution is 2.34. The molecule has 2 N–H and O–H groups in total. The quantitative estimate of drug-likeness (QED) is 0.620. The first-order valence-electron chi connectivity index (χ1n) is 11.0. The number of hydrogen-bond acceptors (Lipinski definition) is 5. The van der Waals surface area contributed by atoms with E-state index in [0.717, 1.165) is 24.1 Å². The number of benzene rings is 1. The van der Waals surface area contributed by atoms with Gasteiger partial charge in [0.05, 0.1) is 17.3 Å². The van der Waals surface area contributed by atoms with Crippen LogP contribution in [-0.4, -0.2) is 43.4 Å². The number of carbonyl (C=O) groups excluding carboxylic acids is 2. The minimum absolute atomic E-state index is 0.150. The van der Waals surface area contributed by atoms with Crippen LogP contribution < -0.4 is 5.32 Å². The number of aromatic amines is 1. The lowest BCUT2D eigenvalue weighted by Crippen LogP contribution is -2.33. The number of amides is 2. The molecule has 0 saturated carbocycles. The number of aryl methyl sites for hydroxylation is 1. The highest BCUT2D eigenvalue weighted by atomic mass is 16.2. The lowest BCUT2D eigenvalue weighted by atomic mass is 10.0. The Bertz CT molecular complexity index is 1110. The zero-order valence-corrected chi connectivity index (χ0v) is 18.6. The molecule has 1 aromatic carbocycles. The molecule has 2 aromatic heterocycles. The number of nitrogens with zero attached hydrogens (tertiary/aromatic N) is 4. The number of hydrogen-bond donors (Lipinski definition) is 2. The van der Waals surface area contributed by atoms with E-state index in [1.165, 1.54) is 0 Å². The Labute approximate surface area is 187 Å². The van der Waals surface area contributed by atoms with Gasteiger partial charge in [0.25, 0.3) is 11.8 Å². The Morgan fingerprint density at radius 2 is 2.03 bits per heavy atom. The van der Waals surface area contributed by atoms with E-state index in [-0.39, 0.29) is 23.8 Å². The second kappa shape index (κ2) is 9.30. The zero-order valence-electron chi connectivity index (χ0n) is 18.6. The fraction of sp³-hybridized carbons (Fsp3) is 0.375. The van der Waals surface area contributed by atoms with Gasteiger partial charge in [0, 0.05) is 25.0 Å². The summed E-state index contributed by atoms with van der Waals surface area (Å²) < 4.78 is 0. The molecule has 32 heavy (non-hydrogen) atoms. The number of likely N-dealkylation sites (tertiary alicyclic amines) is 1. The van der Waals surface area contributed by atoms with Gasteiger partial charge in [-0.2, -0.15) is 5.10 Å². The van der Waals surface area contributed by atoms with Crippen molar-refractivity contribution in [2.24, 2.45) is 0 Å². The second-order valence-electron chi connectivity index (χ2n) is 8.40. The standard InChI is InChI=1S/C24H28N6O2/c1-15(2)19-12-20(29-28-19)24(32)30-11-7-10-21(30)22-18(14-25-16(3)27-22)23(31)26-13-17-8-5-4-6-9-17/h4-6,8-9,12,14-15,21H,7,10-11,13H2,1-3H3,(H,26,31)(H,28,29)/t21-/m0/s1. The SMILES string of the molecule is Cc1ncc(C(=O)NCc2ccccc2)c([C@@H]2CCCN2C(=O)c2cc(C(C)C)[nH]n2)n1. The first-order chi connectivity index (χ1) is 15.4. The van der Waals surface area contributed by atoms with Crippen molar-refractivity contribution in [2.75, 3.05) is 6.54 Å². The highest BCUT2D eigenvalue weighted by molar-refractivity contribution is 5.96. The van der Waals surface area contributed by atoms with Gasteiger partial charge in [0.2, 0.25) is 0 Å². The first kappa shape index (κ1) is 21.7. The molecule has 0 unspecified atom stereocenters. The molecule has 1 fully saturated rings. The molecule has 166 valence electrons. The summed E-state index contributed by atoms with van der Waals surface area (Å²) >= 11 is 0. The lowest BCUT2D eigenvalue weighted by molar-refractivity contribution is 0.0723. The summed E-state index contributed by atoms with van der Waals surface area (Å²) in [5, 5.41) is 10.1. The van der Waals surface area contributed by atoms with Gasteiger partial charge in [0.15, 0.2) is 0 Å². The normalized spacial score (nSPS) is 15.9. The summed E-state index contributed by atoms with van der Waals surface area (Å²) in [6.07, 6.45) is 3.14. The third-order valence-corrected chi connectivity index (χ3v) is 5.75. The minimum atomic E-state index is -0.291. The zero-order chi connectivity index (χ0) is 22.7. The van der Waals surface area contributed by atoms with Crippen LogP contribution >= 0.6 is 0 Å². The number of carbonyl (C=O) groups is 2. The van der Waals surface area contributed by atoms with E-state index in [1.807, 2.05) is 44.2 Å². The topological polar surface area (TPSA) is 104 Å². The van der Waals surface area contributed by atoms with E-state index in [2.05, 4.69) is 25.5 Å². The fourth-order valence-electron chi connectivity index (χ4n) is 3.97. The summed E-state index contributed by atoms with van der Waals surface area (Å²) in [6.45, 7) is 6.89. The van der Waals surface area contributed by atoms with Crippen molar-refractivity contribution in [3.05, 3.63) is 76.6 Å². The summed E-state index contributed by atoms with van der Waals surface area (Å²) in [6, 6.07) is 11.2. The number of rotatable bonds is 6. The molecule has 8 nitrogen and oxygen atoms in total. The molecule has 8 heteroatoms. The predicted octanol–water partition coefficient (Wildman–Crippen LogP) is 3.54. The Hall–Kier alpha value is -3.55. The molecule has 1 atom stereocenters. The third kappa shape index (κ3) is 4.54. The summed E-state index contributed by atoms with van der Waals surface area (Å²) in [4.78, 5) is 36.9. The maximum absolute atomic E-state index is 13.2. The van der Waals surface area contributed by atoms with Crippen molar-refractivity contribution in [1.82, 2.24) is 30.4 Å². The van der Waals surface area contributed by atoms with Crippen LogP contribution in [0.2, 0.25) is 0 Å². The number of H-pyrrole nitrogens is 1. The van der Waals surface area contributed by atoms with Crippen LogP contribution in [0.1, 0.15) is 82.3 Å². The fourth-order valence-corrected chi connectivity index (χ4v) is 3.97. The van der Waals surface area contributed by atoms with Crippen LogP contribution in [-0.2, 0) is 6.54 Å². The molecule has 3 aromatic rings. The van der Waals surface area contributed by atoms with E-state index < -0.39 is 0 Å². The van der Waals surface area contributed by atoms with E-state index in [9.17, 15) is 9.59 Å². The van der Waals surface area contributed by atoms with Gasteiger partial charge in [-0.1, -0.05) is 44.2 Å². The van der Waals surface area contributed by atoms with Gasteiger partial charge in [-0.05, 0) is 37.3 Å². The molecule has 4 rings (SSSR count). The first-order valence-corrected chi connectivity index (χ1v) is 11.0. The largest absolute Gasteiger partial charge is 0.348 e. The van der Waals surface area contributed by atoms with Crippen LogP contribution in [0, 0.1) is 6.92 Å². The molecule has 1 aliphatic heterocycles. The molecule has 1 aliphatic rings. The summed E-state index contributed by atoms with van der Waals surface area (Å²) in [5.41, 5.74) is 3.31. The molecule has 0 spiro atoms. The van der Waals surface area contributed by atoms with Gasteiger partial charge < -0.3 is 10.2 Å².